The Kier molecular flexibility index (Phi) is 15.0. The van der Waals surface area contributed by atoms with Crippen molar-refractivity contribution in [3.8, 4) is 0 Å². The van der Waals surface area contributed by atoms with Gasteiger partial charge in [0.15, 0.2) is 0 Å². The van der Waals surface area contributed by atoms with E-state index in [1.54, 1.807) is 9.80 Å². The van der Waals surface area contributed by atoms with E-state index in [-0.39, 0.29) is 56.3 Å². The molecule has 2 fully saturated rings. The monoisotopic (exact) mass is 720 g/mol. The Morgan fingerprint density at radius 1 is 0.865 bits per heavy atom. The number of nitrogens with one attached hydrogen (secondary N) is 4. The van der Waals surface area contributed by atoms with Gasteiger partial charge in [-0.2, -0.15) is 0 Å². The lowest BCUT2D eigenvalue weighted by Crippen LogP contribution is -2.63. The van der Waals surface area contributed by atoms with Crippen molar-refractivity contribution in [3.63, 3.8) is 0 Å². The van der Waals surface area contributed by atoms with Crippen molar-refractivity contribution in [1.82, 2.24) is 31.1 Å². The summed E-state index contributed by atoms with van der Waals surface area (Å²) in [6, 6.07) is 15.7. The molecule has 2 saturated heterocycles. The van der Waals surface area contributed by atoms with Crippen LogP contribution in [0.4, 0.5) is 4.79 Å². The van der Waals surface area contributed by atoms with Crippen molar-refractivity contribution in [2.45, 2.75) is 95.0 Å². The molecular weight excluding hydrogens is 664 g/mol. The molecule has 0 aliphatic carbocycles. The molecule has 5 amide bonds. The highest BCUT2D eigenvalue weighted by atomic mass is 16.4. The van der Waals surface area contributed by atoms with Crippen LogP contribution in [0.2, 0.25) is 0 Å². The number of benzene rings is 2. The van der Waals surface area contributed by atoms with Crippen molar-refractivity contribution in [3.05, 3.63) is 71.8 Å². The van der Waals surface area contributed by atoms with Crippen LogP contribution in [0.15, 0.2) is 60.7 Å². The molecular formula is C38H56N8O6. The second-order valence-corrected chi connectivity index (χ2v) is 14.4. The molecule has 0 unspecified atom stereocenters. The van der Waals surface area contributed by atoms with Crippen LogP contribution in [0.1, 0.15) is 63.5 Å². The van der Waals surface area contributed by atoms with Gasteiger partial charge in [-0.05, 0) is 62.1 Å². The Bertz CT molecular complexity index is 1480. The van der Waals surface area contributed by atoms with Crippen LogP contribution >= 0.6 is 0 Å². The smallest absolute Gasteiger partial charge is 0.323 e. The normalized spacial score (nSPS) is 17.3. The van der Waals surface area contributed by atoms with Crippen LogP contribution < -0.4 is 32.7 Å². The van der Waals surface area contributed by atoms with Gasteiger partial charge in [-0.15, -0.1) is 0 Å². The highest BCUT2D eigenvalue weighted by Gasteiger charge is 2.40. The quantitative estimate of drug-likeness (QED) is 0.111. The molecule has 52 heavy (non-hydrogen) atoms. The molecule has 0 spiro atoms. The fourth-order valence-electron chi connectivity index (χ4n) is 6.49. The molecule has 2 aromatic rings. The van der Waals surface area contributed by atoms with Gasteiger partial charge in [0.25, 0.3) is 0 Å². The first-order chi connectivity index (χ1) is 24.9. The lowest BCUT2D eigenvalue weighted by atomic mass is 9.88. The number of nitrogens with zero attached hydrogens (tertiary/aromatic N) is 2. The number of carboxylic acids is 1. The first-order valence-electron chi connectivity index (χ1n) is 18.4. The number of carbonyl (C=O) groups is 5. The van der Waals surface area contributed by atoms with E-state index in [0.717, 1.165) is 11.1 Å². The number of hydrogen-bond acceptors (Lipinski definition) is 8. The molecule has 0 bridgehead atoms. The third-order valence-corrected chi connectivity index (χ3v) is 9.85. The summed E-state index contributed by atoms with van der Waals surface area (Å²) in [5, 5.41) is 21.5. The standard InChI is InChI=1S/C38H56N8O6/c1-26(2)21-31(33(47)42-30(15-9-10-18-39)35(49)45-19-16-38(40,17-20-45)36(50)51)43-34(48)32(22-27-11-5-3-6-12-27)44-37(52)46(29-23-41-24-29)25-28-13-7-4-8-14-28/h3-8,11-14,26,29-32,41H,9-10,15-25,39-40H2,1-2H3,(H,42,47)(H,43,48)(H,44,52)(H,50,51)/t30-,31-,32-/m1/s1. The molecule has 0 saturated carbocycles. The molecule has 14 heteroatoms. The summed E-state index contributed by atoms with van der Waals surface area (Å²) in [5.74, 6) is -2.46. The average Bonchev–Trinajstić information content (AvgIpc) is 3.10. The van der Waals surface area contributed by atoms with Crippen molar-refractivity contribution in [1.29, 1.82) is 0 Å². The van der Waals surface area contributed by atoms with Crippen molar-refractivity contribution >= 4 is 29.7 Å². The summed E-state index contributed by atoms with van der Waals surface area (Å²) in [7, 11) is 0. The Hall–Kier alpha value is -4.53. The number of likely N-dealkylation sites (tertiary alicyclic amines) is 1. The van der Waals surface area contributed by atoms with Crippen LogP contribution in [-0.2, 0) is 32.1 Å². The Labute approximate surface area is 306 Å². The van der Waals surface area contributed by atoms with Gasteiger partial charge in [-0.25, -0.2) is 4.79 Å². The molecule has 0 radical (unpaired) electrons. The van der Waals surface area contributed by atoms with Gasteiger partial charge in [0.05, 0.1) is 6.04 Å². The molecule has 2 aromatic carbocycles. The summed E-state index contributed by atoms with van der Waals surface area (Å²) in [6.07, 6.45) is 2.24. The number of carboxylic acid groups (broad SMARTS) is 1. The zero-order valence-corrected chi connectivity index (χ0v) is 30.4. The number of hydrogen-bond donors (Lipinski definition) is 7. The summed E-state index contributed by atoms with van der Waals surface area (Å²) < 4.78 is 0. The van der Waals surface area contributed by atoms with E-state index >= 15 is 0 Å². The van der Waals surface area contributed by atoms with Crippen molar-refractivity contribution < 1.29 is 29.1 Å². The predicted molar refractivity (Wildman–Crippen MR) is 198 cm³/mol. The van der Waals surface area contributed by atoms with Gasteiger partial charge in [0, 0.05) is 39.1 Å². The maximum Gasteiger partial charge on any atom is 0.323 e. The first kappa shape index (κ1) is 40.2. The van der Waals surface area contributed by atoms with Gasteiger partial charge in [-0.1, -0.05) is 74.5 Å². The number of piperidine rings is 1. The fourth-order valence-corrected chi connectivity index (χ4v) is 6.49. The lowest BCUT2D eigenvalue weighted by Gasteiger charge is -2.39. The van der Waals surface area contributed by atoms with E-state index in [4.69, 9.17) is 11.5 Å². The number of unbranched alkanes of at least 4 members (excludes halogenated alkanes) is 1. The van der Waals surface area contributed by atoms with Crippen molar-refractivity contribution in [2.75, 3.05) is 32.7 Å². The van der Waals surface area contributed by atoms with Gasteiger partial charge < -0.3 is 47.6 Å². The van der Waals surface area contributed by atoms with Crippen LogP contribution in [0.25, 0.3) is 0 Å². The molecule has 2 aliphatic heterocycles. The van der Waals surface area contributed by atoms with Gasteiger partial charge in [0.2, 0.25) is 17.7 Å². The predicted octanol–water partition coefficient (Wildman–Crippen LogP) is 1.33. The van der Waals surface area contributed by atoms with Gasteiger partial charge >= 0.3 is 12.0 Å². The Morgan fingerprint density at radius 3 is 1.98 bits per heavy atom. The lowest BCUT2D eigenvalue weighted by molar-refractivity contribution is -0.148. The summed E-state index contributed by atoms with van der Waals surface area (Å²) in [5.41, 5.74) is 12.2. The minimum absolute atomic E-state index is 0.00729. The molecule has 14 nitrogen and oxygen atoms in total. The maximum atomic E-state index is 14.1. The molecule has 0 aromatic heterocycles. The first-order valence-corrected chi connectivity index (χ1v) is 18.4. The summed E-state index contributed by atoms with van der Waals surface area (Å²) in [4.78, 5) is 70.7. The molecule has 2 aliphatic rings. The summed E-state index contributed by atoms with van der Waals surface area (Å²) in [6.45, 7) is 6.24. The van der Waals surface area contributed by atoms with E-state index < -0.39 is 41.4 Å². The minimum atomic E-state index is -1.40. The minimum Gasteiger partial charge on any atom is -0.480 e. The topological polar surface area (TPSA) is 212 Å². The zero-order valence-electron chi connectivity index (χ0n) is 30.4. The third kappa shape index (κ3) is 11.5. The van der Waals surface area contributed by atoms with E-state index in [1.807, 2.05) is 74.5 Å². The number of urea groups is 1. The Morgan fingerprint density at radius 2 is 1.44 bits per heavy atom. The SMILES string of the molecule is CC(C)C[C@@H](NC(=O)[C@@H](Cc1ccccc1)NC(=O)N(Cc1ccccc1)C1CNC1)C(=O)N[C@H](CCCCN)C(=O)N1CCC(N)(C(=O)O)CC1. The highest BCUT2D eigenvalue weighted by molar-refractivity contribution is 5.94. The molecule has 284 valence electrons. The van der Waals surface area contributed by atoms with Crippen LogP contribution in [-0.4, -0.2) is 107 Å². The molecule has 2 heterocycles. The number of carbonyl (C=O) groups excluding carboxylic acids is 4. The van der Waals surface area contributed by atoms with Gasteiger partial charge in [0.1, 0.15) is 23.7 Å². The maximum absolute atomic E-state index is 14.1. The van der Waals surface area contributed by atoms with E-state index in [1.165, 1.54) is 0 Å². The zero-order chi connectivity index (χ0) is 37.7. The average molecular weight is 721 g/mol. The van der Waals surface area contributed by atoms with E-state index in [9.17, 15) is 29.1 Å². The van der Waals surface area contributed by atoms with Crippen LogP contribution in [0.3, 0.4) is 0 Å². The highest BCUT2D eigenvalue weighted by Crippen LogP contribution is 2.22. The third-order valence-electron chi connectivity index (χ3n) is 9.85. The second kappa shape index (κ2) is 19.3. The van der Waals surface area contributed by atoms with Gasteiger partial charge in [-0.3, -0.25) is 19.2 Å². The fraction of sp³-hybridized carbons (Fsp3) is 0.553. The Balaban J connectivity index is 1.51. The molecule has 3 atom stereocenters. The van der Waals surface area contributed by atoms with Crippen LogP contribution in [0, 0.1) is 5.92 Å². The second-order valence-electron chi connectivity index (χ2n) is 14.4. The van der Waals surface area contributed by atoms with E-state index in [0.29, 0.717) is 51.9 Å². The number of nitrogens with two attached hydrogens (primary N) is 2. The largest absolute Gasteiger partial charge is 0.480 e. The number of rotatable bonds is 18. The number of amides is 5. The van der Waals surface area contributed by atoms with E-state index in [2.05, 4.69) is 21.3 Å². The number of aliphatic carboxylic acids is 1. The molecule has 9 N–H and O–H groups in total. The molecule has 4 rings (SSSR count). The van der Waals surface area contributed by atoms with Crippen molar-refractivity contribution in [2.24, 2.45) is 17.4 Å². The van der Waals surface area contributed by atoms with Crippen LogP contribution in [0.5, 0.6) is 0 Å². The summed E-state index contributed by atoms with van der Waals surface area (Å²) >= 11 is 0.